The standard InChI is InChI=1S/C20H19N5OS/c1-2-17-21-19(26-24-17)14-27-20-23-22-18(13-15-9-5-3-6-10-15)25(20)16-11-7-4-8-12-16/h3-12H,2,13-14H2,1H3. The molecule has 0 spiro atoms. The second kappa shape index (κ2) is 8.18. The summed E-state index contributed by atoms with van der Waals surface area (Å²) < 4.78 is 7.38. The first-order valence-electron chi connectivity index (χ1n) is 8.81. The van der Waals surface area contributed by atoms with Crippen molar-refractivity contribution in [2.24, 2.45) is 0 Å². The zero-order chi connectivity index (χ0) is 18.5. The van der Waals surface area contributed by atoms with Crippen molar-refractivity contribution in [3.63, 3.8) is 0 Å². The number of hydrogen-bond acceptors (Lipinski definition) is 6. The van der Waals surface area contributed by atoms with Crippen molar-refractivity contribution in [3.8, 4) is 5.69 Å². The number of rotatable bonds is 7. The van der Waals surface area contributed by atoms with E-state index in [0.29, 0.717) is 18.1 Å². The zero-order valence-corrected chi connectivity index (χ0v) is 15.8. The number of aromatic nitrogens is 5. The van der Waals surface area contributed by atoms with E-state index in [1.54, 1.807) is 11.8 Å². The SMILES string of the molecule is CCc1noc(CSc2nnc(Cc3ccccc3)n2-c2ccccc2)n1. The number of thioether (sulfide) groups is 1. The van der Waals surface area contributed by atoms with Crippen LogP contribution in [0.4, 0.5) is 0 Å². The highest BCUT2D eigenvalue weighted by molar-refractivity contribution is 7.98. The van der Waals surface area contributed by atoms with Gasteiger partial charge in [-0.2, -0.15) is 4.98 Å². The lowest BCUT2D eigenvalue weighted by atomic mass is 10.1. The van der Waals surface area contributed by atoms with Gasteiger partial charge >= 0.3 is 0 Å². The van der Waals surface area contributed by atoms with Crippen molar-refractivity contribution in [2.75, 3.05) is 0 Å². The molecule has 0 amide bonds. The van der Waals surface area contributed by atoms with E-state index in [2.05, 4.69) is 49.2 Å². The van der Waals surface area contributed by atoms with E-state index < -0.39 is 0 Å². The van der Waals surface area contributed by atoms with Crippen LogP contribution in [-0.2, 0) is 18.6 Å². The summed E-state index contributed by atoms with van der Waals surface area (Å²) in [4.78, 5) is 4.36. The first kappa shape index (κ1) is 17.5. The number of nitrogens with zero attached hydrogens (tertiary/aromatic N) is 5. The maximum Gasteiger partial charge on any atom is 0.237 e. The van der Waals surface area contributed by atoms with E-state index in [1.165, 1.54) is 5.56 Å². The molecule has 2 aromatic heterocycles. The Kier molecular flexibility index (Phi) is 5.29. The van der Waals surface area contributed by atoms with Crippen LogP contribution >= 0.6 is 11.8 Å². The number of aryl methyl sites for hydroxylation is 1. The molecule has 7 heteroatoms. The minimum atomic E-state index is 0.559. The maximum absolute atomic E-state index is 5.29. The summed E-state index contributed by atoms with van der Waals surface area (Å²) in [5.74, 6) is 2.78. The molecule has 0 aliphatic rings. The van der Waals surface area contributed by atoms with Gasteiger partial charge in [-0.05, 0) is 17.7 Å². The van der Waals surface area contributed by atoms with Crippen molar-refractivity contribution in [1.29, 1.82) is 0 Å². The fraction of sp³-hybridized carbons (Fsp3) is 0.200. The molecule has 0 saturated carbocycles. The first-order chi connectivity index (χ1) is 13.3. The highest BCUT2D eigenvalue weighted by Gasteiger charge is 2.16. The van der Waals surface area contributed by atoms with Crippen LogP contribution in [0.5, 0.6) is 0 Å². The lowest BCUT2D eigenvalue weighted by Gasteiger charge is -2.09. The Labute approximate surface area is 161 Å². The van der Waals surface area contributed by atoms with Gasteiger partial charge in [0.15, 0.2) is 11.0 Å². The smallest absolute Gasteiger partial charge is 0.237 e. The second-order valence-corrected chi connectivity index (χ2v) is 6.92. The lowest BCUT2D eigenvalue weighted by molar-refractivity contribution is 0.385. The molecule has 136 valence electrons. The normalized spacial score (nSPS) is 11.0. The number of hydrogen-bond donors (Lipinski definition) is 0. The van der Waals surface area contributed by atoms with Crippen molar-refractivity contribution in [3.05, 3.63) is 83.8 Å². The van der Waals surface area contributed by atoms with Crippen LogP contribution in [0.1, 0.15) is 30.0 Å². The van der Waals surface area contributed by atoms with Crippen LogP contribution in [0.3, 0.4) is 0 Å². The van der Waals surface area contributed by atoms with Gasteiger partial charge in [-0.25, -0.2) is 0 Å². The highest BCUT2D eigenvalue weighted by atomic mass is 32.2. The molecule has 2 aromatic carbocycles. The Morgan fingerprint density at radius 1 is 0.963 bits per heavy atom. The van der Waals surface area contributed by atoms with E-state index in [9.17, 15) is 0 Å². The Balaban J connectivity index is 1.62. The average molecular weight is 377 g/mol. The molecule has 6 nitrogen and oxygen atoms in total. The summed E-state index contributed by atoms with van der Waals surface area (Å²) in [6.07, 6.45) is 1.47. The monoisotopic (exact) mass is 377 g/mol. The summed E-state index contributed by atoms with van der Waals surface area (Å²) >= 11 is 1.54. The van der Waals surface area contributed by atoms with Gasteiger partial charge in [0, 0.05) is 18.5 Å². The number of para-hydroxylation sites is 1. The van der Waals surface area contributed by atoms with Gasteiger partial charge in [0.05, 0.1) is 5.75 Å². The molecule has 0 fully saturated rings. The predicted molar refractivity (Wildman–Crippen MR) is 104 cm³/mol. The zero-order valence-electron chi connectivity index (χ0n) is 14.9. The summed E-state index contributed by atoms with van der Waals surface area (Å²) in [7, 11) is 0. The molecule has 0 atom stereocenters. The summed E-state index contributed by atoms with van der Waals surface area (Å²) in [6.45, 7) is 2.00. The van der Waals surface area contributed by atoms with Crippen LogP contribution in [-0.4, -0.2) is 24.9 Å². The molecule has 0 saturated heterocycles. The van der Waals surface area contributed by atoms with Crippen molar-refractivity contribution >= 4 is 11.8 Å². The molecular formula is C20H19N5OS. The van der Waals surface area contributed by atoms with Crippen molar-refractivity contribution in [2.45, 2.75) is 30.7 Å². The molecule has 2 heterocycles. The van der Waals surface area contributed by atoms with Gasteiger partial charge in [-0.3, -0.25) is 4.57 Å². The van der Waals surface area contributed by atoms with Gasteiger partial charge in [0.2, 0.25) is 5.89 Å². The quantitative estimate of drug-likeness (QED) is 0.452. The third kappa shape index (κ3) is 4.09. The van der Waals surface area contributed by atoms with Crippen molar-refractivity contribution < 1.29 is 4.52 Å². The molecule has 0 N–H and O–H groups in total. The average Bonchev–Trinajstić information content (AvgIpc) is 3.34. The molecule has 4 aromatic rings. The summed E-state index contributed by atoms with van der Waals surface area (Å²) in [5, 5.41) is 13.6. The molecule has 4 rings (SSSR count). The third-order valence-corrected chi connectivity index (χ3v) is 4.98. The van der Waals surface area contributed by atoms with E-state index in [0.717, 1.165) is 28.9 Å². The fourth-order valence-electron chi connectivity index (χ4n) is 2.74. The predicted octanol–water partition coefficient (Wildman–Crippen LogP) is 4.10. The van der Waals surface area contributed by atoms with E-state index >= 15 is 0 Å². The minimum absolute atomic E-state index is 0.559. The molecule has 27 heavy (non-hydrogen) atoms. The second-order valence-electron chi connectivity index (χ2n) is 5.98. The van der Waals surface area contributed by atoms with Crippen LogP contribution in [0.2, 0.25) is 0 Å². The molecule has 0 radical (unpaired) electrons. The Morgan fingerprint density at radius 2 is 1.70 bits per heavy atom. The lowest BCUT2D eigenvalue weighted by Crippen LogP contribution is -2.03. The van der Waals surface area contributed by atoms with Crippen LogP contribution in [0.15, 0.2) is 70.3 Å². The topological polar surface area (TPSA) is 69.6 Å². The van der Waals surface area contributed by atoms with Gasteiger partial charge in [0.1, 0.15) is 5.82 Å². The van der Waals surface area contributed by atoms with Gasteiger partial charge in [-0.1, -0.05) is 72.4 Å². The third-order valence-electron chi connectivity index (χ3n) is 4.07. The van der Waals surface area contributed by atoms with Gasteiger partial charge < -0.3 is 4.52 Å². The molecule has 0 bridgehead atoms. The Bertz CT molecular complexity index is 998. The first-order valence-corrected chi connectivity index (χ1v) is 9.80. The largest absolute Gasteiger partial charge is 0.338 e. The van der Waals surface area contributed by atoms with Gasteiger partial charge in [-0.15, -0.1) is 10.2 Å². The Hall–Kier alpha value is -2.93. The van der Waals surface area contributed by atoms with Gasteiger partial charge in [0.25, 0.3) is 0 Å². The molecule has 0 unspecified atom stereocenters. The van der Waals surface area contributed by atoms with Crippen LogP contribution in [0, 0.1) is 0 Å². The van der Waals surface area contributed by atoms with Crippen LogP contribution < -0.4 is 0 Å². The molecule has 0 aliphatic carbocycles. The summed E-state index contributed by atoms with van der Waals surface area (Å²) in [5.41, 5.74) is 2.24. The molecule has 0 aliphatic heterocycles. The highest BCUT2D eigenvalue weighted by Crippen LogP contribution is 2.25. The van der Waals surface area contributed by atoms with Crippen LogP contribution in [0.25, 0.3) is 5.69 Å². The van der Waals surface area contributed by atoms with E-state index in [1.807, 2.05) is 43.3 Å². The van der Waals surface area contributed by atoms with Crippen molar-refractivity contribution in [1.82, 2.24) is 24.9 Å². The molecular weight excluding hydrogens is 358 g/mol. The van der Waals surface area contributed by atoms with E-state index in [4.69, 9.17) is 4.52 Å². The minimum Gasteiger partial charge on any atom is -0.338 e. The number of benzene rings is 2. The Morgan fingerprint density at radius 3 is 2.41 bits per heavy atom. The fourth-order valence-corrected chi connectivity index (χ4v) is 3.55. The maximum atomic E-state index is 5.29. The van der Waals surface area contributed by atoms with E-state index in [-0.39, 0.29) is 0 Å². The summed E-state index contributed by atoms with van der Waals surface area (Å²) in [6, 6.07) is 20.4.